The van der Waals surface area contributed by atoms with Crippen molar-refractivity contribution in [3.8, 4) is 0 Å². The average molecular weight is 865 g/mol. The Morgan fingerprint density at radius 2 is 0.726 bits per heavy atom. The van der Waals surface area contributed by atoms with E-state index in [1.54, 1.807) is 0 Å². The Morgan fingerprint density at radius 1 is 0.371 bits per heavy atom. The molecule has 0 heterocycles. The van der Waals surface area contributed by atoms with Gasteiger partial charge in [-0.05, 0) is 109 Å². The monoisotopic (exact) mass is 865 g/mol. The number of hydrogen-bond donors (Lipinski definition) is 0. The maximum Gasteiger partial charge on any atom is 0.306 e. The molecule has 0 aromatic rings. The molecule has 0 fully saturated rings. The predicted octanol–water partition coefficient (Wildman–Crippen LogP) is 17.9. The van der Waals surface area contributed by atoms with Crippen molar-refractivity contribution >= 4 is 11.9 Å². The second kappa shape index (κ2) is 52.7. The Kier molecular flexibility index (Phi) is 50.4. The van der Waals surface area contributed by atoms with E-state index >= 15 is 0 Å². The topological polar surface area (TPSA) is 61.8 Å². The summed E-state index contributed by atoms with van der Waals surface area (Å²) in [6.07, 6.45) is 67.6. The summed E-state index contributed by atoms with van der Waals surface area (Å²) < 4.78 is 17.4. The van der Waals surface area contributed by atoms with Gasteiger partial charge < -0.3 is 14.2 Å². The molecule has 1 unspecified atom stereocenters. The lowest BCUT2D eigenvalue weighted by atomic mass is 10.1. The van der Waals surface area contributed by atoms with E-state index in [4.69, 9.17) is 14.2 Å². The van der Waals surface area contributed by atoms with Crippen LogP contribution in [-0.4, -0.2) is 37.9 Å². The first-order valence-corrected chi connectivity index (χ1v) is 26.5. The first-order chi connectivity index (χ1) is 30.6. The lowest BCUT2D eigenvalue weighted by Crippen LogP contribution is -2.30. The van der Waals surface area contributed by atoms with Crippen molar-refractivity contribution in [1.29, 1.82) is 0 Å². The number of carbonyl (C=O) groups is 2. The zero-order chi connectivity index (χ0) is 44.9. The lowest BCUT2D eigenvalue weighted by molar-refractivity contribution is -0.163. The fraction of sp³-hybridized carbons (Fsp3) is 0.754. The van der Waals surface area contributed by atoms with E-state index in [0.29, 0.717) is 19.4 Å². The highest BCUT2D eigenvalue weighted by molar-refractivity contribution is 5.70. The second-order valence-corrected chi connectivity index (χ2v) is 17.4. The molecule has 0 amide bonds. The zero-order valence-corrected chi connectivity index (χ0v) is 41.1. The Hall–Kier alpha value is -2.66. The molecule has 0 aliphatic rings. The van der Waals surface area contributed by atoms with Gasteiger partial charge in [-0.25, -0.2) is 0 Å². The fourth-order valence-electron chi connectivity index (χ4n) is 7.25. The smallest absolute Gasteiger partial charge is 0.306 e. The minimum atomic E-state index is -0.553. The van der Waals surface area contributed by atoms with Crippen molar-refractivity contribution < 1.29 is 23.8 Å². The number of rotatable bonds is 48. The van der Waals surface area contributed by atoms with Gasteiger partial charge in [0.15, 0.2) is 6.10 Å². The Labute approximate surface area is 385 Å². The van der Waals surface area contributed by atoms with E-state index < -0.39 is 6.10 Å². The van der Waals surface area contributed by atoms with E-state index in [1.807, 2.05) is 0 Å². The van der Waals surface area contributed by atoms with Gasteiger partial charge in [-0.15, -0.1) is 0 Å². The molecule has 5 nitrogen and oxygen atoms in total. The molecule has 0 radical (unpaired) electrons. The van der Waals surface area contributed by atoms with Crippen molar-refractivity contribution in [2.24, 2.45) is 0 Å². The summed E-state index contributed by atoms with van der Waals surface area (Å²) in [7, 11) is 0. The Morgan fingerprint density at radius 3 is 1.21 bits per heavy atom. The highest BCUT2D eigenvalue weighted by atomic mass is 16.6. The van der Waals surface area contributed by atoms with Crippen LogP contribution in [0.3, 0.4) is 0 Å². The third kappa shape index (κ3) is 50.0. The molecule has 62 heavy (non-hydrogen) atoms. The SMILES string of the molecule is CC/C=C\C/C=C\C/C=C\CCCCCCCC(=O)OC(COCCCCCCCC/C=C\CCCCCC)COC(=O)CCCCCCCCC/C=C\C/C=C\CCCCC. The van der Waals surface area contributed by atoms with Crippen molar-refractivity contribution in [1.82, 2.24) is 0 Å². The minimum absolute atomic E-state index is 0.0701. The summed E-state index contributed by atoms with van der Waals surface area (Å²) >= 11 is 0. The summed E-state index contributed by atoms with van der Waals surface area (Å²) in [5.41, 5.74) is 0. The van der Waals surface area contributed by atoms with Gasteiger partial charge in [0.05, 0.1) is 6.61 Å². The summed E-state index contributed by atoms with van der Waals surface area (Å²) in [5, 5.41) is 0. The first-order valence-electron chi connectivity index (χ1n) is 26.5. The van der Waals surface area contributed by atoms with Crippen LogP contribution in [0.4, 0.5) is 0 Å². The molecule has 0 saturated heterocycles. The fourth-order valence-corrected chi connectivity index (χ4v) is 7.25. The summed E-state index contributed by atoms with van der Waals surface area (Å²) in [6, 6.07) is 0. The molecule has 0 spiro atoms. The highest BCUT2D eigenvalue weighted by Gasteiger charge is 2.17. The number of esters is 2. The van der Waals surface area contributed by atoms with Crippen LogP contribution in [0.5, 0.6) is 0 Å². The van der Waals surface area contributed by atoms with Crippen LogP contribution in [-0.2, 0) is 23.8 Å². The molecule has 358 valence electrons. The molecule has 0 N–H and O–H groups in total. The summed E-state index contributed by atoms with van der Waals surface area (Å²) in [6.45, 7) is 7.65. The molecule has 0 aromatic carbocycles. The molecular formula is C57H100O5. The van der Waals surface area contributed by atoms with Crippen LogP contribution in [0.1, 0.15) is 252 Å². The Bertz CT molecular complexity index is 1110. The number of ether oxygens (including phenoxy) is 3. The van der Waals surface area contributed by atoms with E-state index in [9.17, 15) is 9.59 Å². The number of hydrogen-bond acceptors (Lipinski definition) is 5. The van der Waals surface area contributed by atoms with Crippen LogP contribution < -0.4 is 0 Å². The quantitative estimate of drug-likeness (QED) is 0.0346. The highest BCUT2D eigenvalue weighted by Crippen LogP contribution is 2.14. The van der Waals surface area contributed by atoms with Gasteiger partial charge in [0.25, 0.3) is 0 Å². The molecule has 5 heteroatoms. The van der Waals surface area contributed by atoms with Gasteiger partial charge >= 0.3 is 11.9 Å². The van der Waals surface area contributed by atoms with Crippen LogP contribution in [0.25, 0.3) is 0 Å². The summed E-state index contributed by atoms with van der Waals surface area (Å²) in [5.74, 6) is -0.425. The van der Waals surface area contributed by atoms with Gasteiger partial charge in [-0.3, -0.25) is 9.59 Å². The molecule has 1 atom stereocenters. The van der Waals surface area contributed by atoms with E-state index in [1.165, 1.54) is 135 Å². The average Bonchev–Trinajstić information content (AvgIpc) is 3.27. The molecule has 0 saturated carbocycles. The maximum absolute atomic E-state index is 12.8. The Balaban J connectivity index is 4.31. The second-order valence-electron chi connectivity index (χ2n) is 17.4. The van der Waals surface area contributed by atoms with E-state index in [2.05, 4.69) is 93.7 Å². The van der Waals surface area contributed by atoms with Crippen LogP contribution >= 0.6 is 0 Å². The van der Waals surface area contributed by atoms with Gasteiger partial charge in [0, 0.05) is 19.4 Å². The van der Waals surface area contributed by atoms with Crippen molar-refractivity contribution in [3.05, 3.63) is 72.9 Å². The van der Waals surface area contributed by atoms with Gasteiger partial charge in [-0.2, -0.15) is 0 Å². The van der Waals surface area contributed by atoms with Gasteiger partial charge in [0.1, 0.15) is 6.61 Å². The lowest BCUT2D eigenvalue weighted by Gasteiger charge is -2.18. The van der Waals surface area contributed by atoms with Crippen LogP contribution in [0, 0.1) is 0 Å². The van der Waals surface area contributed by atoms with Crippen molar-refractivity contribution in [3.63, 3.8) is 0 Å². The largest absolute Gasteiger partial charge is 0.462 e. The minimum Gasteiger partial charge on any atom is -0.462 e. The van der Waals surface area contributed by atoms with Crippen molar-refractivity contribution in [2.75, 3.05) is 19.8 Å². The molecule has 0 aromatic heterocycles. The third-order valence-electron chi connectivity index (χ3n) is 11.2. The van der Waals surface area contributed by atoms with E-state index in [-0.39, 0.29) is 25.2 Å². The van der Waals surface area contributed by atoms with Crippen LogP contribution in [0.15, 0.2) is 72.9 Å². The maximum atomic E-state index is 12.8. The zero-order valence-electron chi connectivity index (χ0n) is 41.1. The molecule has 0 rings (SSSR count). The number of carbonyl (C=O) groups excluding carboxylic acids is 2. The van der Waals surface area contributed by atoms with Crippen molar-refractivity contribution in [2.45, 2.75) is 258 Å². The van der Waals surface area contributed by atoms with Gasteiger partial charge in [0.2, 0.25) is 0 Å². The molecule has 0 aliphatic carbocycles. The molecular weight excluding hydrogens is 765 g/mol. The first kappa shape index (κ1) is 59.3. The normalized spacial score (nSPS) is 12.8. The predicted molar refractivity (Wildman–Crippen MR) is 270 cm³/mol. The van der Waals surface area contributed by atoms with Crippen LogP contribution in [0.2, 0.25) is 0 Å². The standard InChI is InChI=1S/C57H100O5/c1-4-7-10-13-16-19-22-25-28-29-31-32-35-38-41-44-47-50-56(58)61-54-55(53-60-52-49-46-43-40-37-34-27-24-21-18-15-12-9-6-3)62-57(59)51-48-45-42-39-36-33-30-26-23-20-17-14-11-8-5-2/h8,11,16-17,19-21,24-26,28,30,55H,4-7,9-10,12-15,18,22-23,27,29,31-54H2,1-3H3/b11-8-,19-16-,20-17-,24-21-,28-25-,30-26-. The van der Waals surface area contributed by atoms with Gasteiger partial charge in [-0.1, -0.05) is 203 Å². The van der Waals surface area contributed by atoms with E-state index in [0.717, 1.165) is 83.5 Å². The number of unbranched alkanes of at least 4 members (excludes halogenated alkanes) is 25. The molecule has 0 bridgehead atoms. The summed E-state index contributed by atoms with van der Waals surface area (Å²) in [4.78, 5) is 25.4. The number of allylic oxidation sites excluding steroid dienone is 12. The third-order valence-corrected chi connectivity index (χ3v) is 11.2. The molecule has 0 aliphatic heterocycles.